The molecule has 0 atom stereocenters. The Morgan fingerprint density at radius 2 is 1.93 bits per heavy atom. The van der Waals surface area contributed by atoms with Crippen LogP contribution in [-0.2, 0) is 6.42 Å². The van der Waals surface area contributed by atoms with Gasteiger partial charge in [-0.2, -0.15) is 0 Å². The van der Waals surface area contributed by atoms with Gasteiger partial charge in [0.1, 0.15) is 5.76 Å². The molecule has 1 aliphatic rings. The summed E-state index contributed by atoms with van der Waals surface area (Å²) >= 11 is 5.65. The van der Waals surface area contributed by atoms with Gasteiger partial charge < -0.3 is 4.42 Å². The average Bonchev–Trinajstić information content (AvgIpc) is 2.51. The van der Waals surface area contributed by atoms with E-state index < -0.39 is 0 Å². The quantitative estimate of drug-likeness (QED) is 0.738. The number of oxazole rings is 1. The Hall–Kier alpha value is -0.500. The molecule has 0 aliphatic heterocycles. The molecule has 0 saturated heterocycles. The van der Waals surface area contributed by atoms with Crippen LogP contribution < -0.4 is 0 Å². The second-order valence-corrected chi connectivity index (χ2v) is 5.85. The fraction of sp³-hybridized carbons (Fsp3) is 0.750. The Morgan fingerprint density at radius 1 is 1.33 bits per heavy atom. The van der Waals surface area contributed by atoms with Gasteiger partial charge in [0, 0.05) is 18.2 Å². The summed E-state index contributed by atoms with van der Waals surface area (Å²) in [6, 6.07) is 0. The Kier molecular flexibility index (Phi) is 2.38. The van der Waals surface area contributed by atoms with Crippen molar-refractivity contribution in [2.45, 2.75) is 40.0 Å². The predicted octanol–water partition coefficient (Wildman–Crippen LogP) is 3.61. The number of halogens is 1. The number of rotatable bonds is 3. The molecule has 0 unspecified atom stereocenters. The van der Waals surface area contributed by atoms with E-state index in [1.54, 1.807) is 0 Å². The first-order valence-corrected chi connectivity index (χ1v) is 5.95. The molecule has 1 aromatic rings. The third kappa shape index (κ3) is 1.50. The first-order chi connectivity index (χ1) is 6.91. The highest BCUT2D eigenvalue weighted by Gasteiger charge is 2.66. The van der Waals surface area contributed by atoms with Crippen LogP contribution in [0.4, 0.5) is 0 Å². The highest BCUT2D eigenvalue weighted by Crippen LogP contribution is 2.73. The summed E-state index contributed by atoms with van der Waals surface area (Å²) in [6.45, 7) is 9.12. The molecule has 0 aromatic carbocycles. The molecule has 3 heteroatoms. The van der Waals surface area contributed by atoms with Gasteiger partial charge in [0.05, 0.1) is 6.20 Å². The molecule has 1 fully saturated rings. The Morgan fingerprint density at radius 3 is 2.40 bits per heavy atom. The number of aryl methyl sites for hydroxylation is 1. The van der Waals surface area contributed by atoms with Crippen molar-refractivity contribution in [1.29, 1.82) is 0 Å². The van der Waals surface area contributed by atoms with Crippen LogP contribution in [0.25, 0.3) is 0 Å². The zero-order chi connectivity index (χ0) is 11.3. The van der Waals surface area contributed by atoms with E-state index in [2.05, 4.69) is 32.7 Å². The van der Waals surface area contributed by atoms with Crippen molar-refractivity contribution >= 4 is 11.6 Å². The maximum Gasteiger partial charge on any atom is 0.195 e. The Labute approximate surface area is 96.0 Å². The summed E-state index contributed by atoms with van der Waals surface area (Å²) in [4.78, 5) is 4.25. The van der Waals surface area contributed by atoms with E-state index >= 15 is 0 Å². The predicted molar refractivity (Wildman–Crippen MR) is 61.2 cm³/mol. The molecule has 2 rings (SSSR count). The SMILES string of the molecule is CC1(C)C(c2cnc(CCCl)o2)C1(C)C. The average molecular weight is 228 g/mol. The van der Waals surface area contributed by atoms with Gasteiger partial charge in [0.2, 0.25) is 0 Å². The van der Waals surface area contributed by atoms with Crippen molar-refractivity contribution < 1.29 is 4.42 Å². The zero-order valence-electron chi connectivity index (χ0n) is 9.80. The minimum absolute atomic E-state index is 0.310. The van der Waals surface area contributed by atoms with Crippen molar-refractivity contribution in [3.05, 3.63) is 17.8 Å². The summed E-state index contributed by atoms with van der Waals surface area (Å²) in [6.07, 6.45) is 2.58. The molecule has 2 nitrogen and oxygen atoms in total. The van der Waals surface area contributed by atoms with E-state index in [0.29, 0.717) is 22.6 Å². The second-order valence-electron chi connectivity index (χ2n) is 5.47. The second kappa shape index (κ2) is 3.24. The van der Waals surface area contributed by atoms with Gasteiger partial charge in [-0.25, -0.2) is 4.98 Å². The maximum absolute atomic E-state index is 5.72. The summed E-state index contributed by atoms with van der Waals surface area (Å²) < 4.78 is 5.72. The molecule has 0 bridgehead atoms. The van der Waals surface area contributed by atoms with Crippen LogP contribution in [0.5, 0.6) is 0 Å². The zero-order valence-corrected chi connectivity index (χ0v) is 10.6. The lowest BCUT2D eigenvalue weighted by Gasteiger charge is -2.03. The summed E-state index contributed by atoms with van der Waals surface area (Å²) in [5.74, 6) is 2.84. The van der Waals surface area contributed by atoms with Gasteiger partial charge >= 0.3 is 0 Å². The van der Waals surface area contributed by atoms with Crippen molar-refractivity contribution in [3.8, 4) is 0 Å². The molecule has 1 aliphatic carbocycles. The van der Waals surface area contributed by atoms with E-state index in [4.69, 9.17) is 16.0 Å². The van der Waals surface area contributed by atoms with Crippen LogP contribution in [0.2, 0.25) is 0 Å². The van der Waals surface area contributed by atoms with Crippen LogP contribution >= 0.6 is 11.6 Å². The van der Waals surface area contributed by atoms with Crippen LogP contribution in [0.15, 0.2) is 10.6 Å². The molecule has 84 valence electrons. The van der Waals surface area contributed by atoms with Gasteiger partial charge in [-0.3, -0.25) is 0 Å². The monoisotopic (exact) mass is 227 g/mol. The number of hydrogen-bond acceptors (Lipinski definition) is 2. The highest BCUT2D eigenvalue weighted by atomic mass is 35.5. The largest absolute Gasteiger partial charge is 0.445 e. The fourth-order valence-corrected chi connectivity index (χ4v) is 2.72. The Balaban J connectivity index is 2.19. The Bertz CT molecular complexity index is 353. The molecule has 15 heavy (non-hydrogen) atoms. The number of aromatic nitrogens is 1. The normalized spacial score (nSPS) is 23.0. The molecule has 0 spiro atoms. The highest BCUT2D eigenvalue weighted by molar-refractivity contribution is 6.17. The lowest BCUT2D eigenvalue weighted by molar-refractivity contribution is 0.443. The van der Waals surface area contributed by atoms with Gasteiger partial charge in [0.15, 0.2) is 5.89 Å². The molecular weight excluding hydrogens is 210 g/mol. The lowest BCUT2D eigenvalue weighted by Crippen LogP contribution is -1.95. The lowest BCUT2D eigenvalue weighted by atomic mass is 10.0. The van der Waals surface area contributed by atoms with Gasteiger partial charge in [-0.05, 0) is 10.8 Å². The van der Waals surface area contributed by atoms with Crippen molar-refractivity contribution in [3.63, 3.8) is 0 Å². The smallest absolute Gasteiger partial charge is 0.195 e. The third-order valence-electron chi connectivity index (χ3n) is 4.19. The molecule has 1 heterocycles. The molecule has 1 saturated carbocycles. The topological polar surface area (TPSA) is 26.0 Å². The molecule has 0 radical (unpaired) electrons. The van der Waals surface area contributed by atoms with Gasteiger partial charge in [-0.1, -0.05) is 27.7 Å². The molecule has 0 amide bonds. The first-order valence-electron chi connectivity index (χ1n) is 5.42. The number of nitrogens with zero attached hydrogens (tertiary/aromatic N) is 1. The standard InChI is InChI=1S/C12H18ClNO/c1-11(2)10(12(11,3)4)8-7-14-9(15-8)5-6-13/h7,10H,5-6H2,1-4H3. The van der Waals surface area contributed by atoms with Crippen molar-refractivity contribution in [1.82, 2.24) is 4.98 Å². The van der Waals surface area contributed by atoms with E-state index in [1.165, 1.54) is 0 Å². The van der Waals surface area contributed by atoms with Crippen LogP contribution in [0.1, 0.15) is 45.3 Å². The molecule has 1 aromatic heterocycles. The van der Waals surface area contributed by atoms with E-state index in [9.17, 15) is 0 Å². The number of alkyl halides is 1. The minimum atomic E-state index is 0.310. The van der Waals surface area contributed by atoms with Crippen molar-refractivity contribution in [2.24, 2.45) is 10.8 Å². The van der Waals surface area contributed by atoms with Crippen LogP contribution in [0.3, 0.4) is 0 Å². The molecular formula is C12H18ClNO. The van der Waals surface area contributed by atoms with E-state index in [0.717, 1.165) is 18.1 Å². The summed E-state index contributed by atoms with van der Waals surface area (Å²) in [5, 5.41) is 0. The summed E-state index contributed by atoms with van der Waals surface area (Å²) in [5.41, 5.74) is 0.621. The molecule has 0 N–H and O–H groups in total. The van der Waals surface area contributed by atoms with Crippen LogP contribution in [0, 0.1) is 10.8 Å². The maximum atomic E-state index is 5.72. The number of hydrogen-bond donors (Lipinski definition) is 0. The van der Waals surface area contributed by atoms with Gasteiger partial charge in [0.25, 0.3) is 0 Å². The van der Waals surface area contributed by atoms with Crippen molar-refractivity contribution in [2.75, 3.05) is 5.88 Å². The summed E-state index contributed by atoms with van der Waals surface area (Å²) in [7, 11) is 0. The van der Waals surface area contributed by atoms with Crippen LogP contribution in [-0.4, -0.2) is 10.9 Å². The van der Waals surface area contributed by atoms with E-state index in [1.807, 2.05) is 6.20 Å². The van der Waals surface area contributed by atoms with E-state index in [-0.39, 0.29) is 0 Å². The fourth-order valence-electron chi connectivity index (χ4n) is 2.56. The third-order valence-corrected chi connectivity index (χ3v) is 4.37. The minimum Gasteiger partial charge on any atom is -0.445 e. The van der Waals surface area contributed by atoms with Gasteiger partial charge in [-0.15, -0.1) is 11.6 Å². The first kappa shape index (κ1) is 11.0.